The van der Waals surface area contributed by atoms with Crippen LogP contribution in [0.5, 0.6) is 5.75 Å². The van der Waals surface area contributed by atoms with Crippen molar-refractivity contribution in [1.29, 1.82) is 0 Å². The van der Waals surface area contributed by atoms with Crippen molar-refractivity contribution in [2.24, 2.45) is 0 Å². The minimum absolute atomic E-state index is 0.352. The van der Waals surface area contributed by atoms with E-state index in [9.17, 15) is 14.3 Å². The van der Waals surface area contributed by atoms with Crippen LogP contribution in [0.4, 0.5) is 4.39 Å². The van der Waals surface area contributed by atoms with Crippen LogP contribution in [0.25, 0.3) is 22.4 Å². The summed E-state index contributed by atoms with van der Waals surface area (Å²) in [6, 6.07) is 27.7. The van der Waals surface area contributed by atoms with Crippen molar-refractivity contribution in [3.63, 3.8) is 0 Å². The zero-order chi connectivity index (χ0) is 26.5. The molecule has 0 aliphatic rings. The van der Waals surface area contributed by atoms with Gasteiger partial charge in [-0.25, -0.2) is 4.39 Å². The number of rotatable bonds is 9. The molecule has 0 saturated carbocycles. The molecular weight excluding hydrogens is 481 g/mol. The molecule has 7 heteroatoms. The Bertz CT molecular complexity index is 1510. The molecule has 0 aliphatic heterocycles. The van der Waals surface area contributed by atoms with Gasteiger partial charge < -0.3 is 9.84 Å². The molecule has 5 rings (SSSR count). The number of pyridine rings is 1. The van der Waals surface area contributed by atoms with E-state index in [2.05, 4.69) is 22.2 Å². The first kappa shape index (κ1) is 24.9. The first-order chi connectivity index (χ1) is 18.5. The summed E-state index contributed by atoms with van der Waals surface area (Å²) in [5.41, 5.74) is 5.77. The molecule has 0 amide bonds. The molecule has 38 heavy (non-hydrogen) atoms. The van der Waals surface area contributed by atoms with Crippen LogP contribution in [0.2, 0.25) is 0 Å². The average Bonchev–Trinajstić information content (AvgIpc) is 3.37. The highest BCUT2D eigenvalue weighted by Gasteiger charge is 2.22. The van der Waals surface area contributed by atoms with Gasteiger partial charge in [-0.15, -0.1) is 0 Å². The monoisotopic (exact) mass is 507 g/mol. The number of carboxylic acid groups (broad SMARTS) is 1. The first-order valence-corrected chi connectivity index (χ1v) is 12.2. The Labute approximate surface area is 220 Å². The molecule has 1 atom stereocenters. The number of carboxylic acids is 1. The van der Waals surface area contributed by atoms with E-state index in [1.54, 1.807) is 29.9 Å². The Kier molecular flexibility index (Phi) is 7.26. The quantitative estimate of drug-likeness (QED) is 0.244. The van der Waals surface area contributed by atoms with Crippen LogP contribution < -0.4 is 4.74 Å². The zero-order valence-corrected chi connectivity index (χ0v) is 20.8. The number of aliphatic carboxylic acids is 1. The van der Waals surface area contributed by atoms with Crippen LogP contribution in [0.3, 0.4) is 0 Å². The maximum atomic E-state index is 13.4. The standard InChI is InChI=1S/C31H26FN3O3/c1-21(31(36)37)29-19-35(34-30(29)24-9-12-26(32)13-10-24)18-22-7-15-28(16-8-22)38-20-27-14-11-25(17-33-27)23-5-3-2-4-6-23/h2-17,19,21H,18,20H2,1H3,(H,36,37). The SMILES string of the molecule is CC(C(=O)O)c1cn(Cc2ccc(OCc3ccc(-c4ccccc4)cn3)cc2)nc1-c1ccc(F)cc1. The summed E-state index contributed by atoms with van der Waals surface area (Å²) < 4.78 is 21.0. The topological polar surface area (TPSA) is 77.2 Å². The van der Waals surface area contributed by atoms with Gasteiger partial charge >= 0.3 is 5.97 Å². The van der Waals surface area contributed by atoms with Gasteiger partial charge in [0, 0.05) is 29.1 Å². The van der Waals surface area contributed by atoms with Gasteiger partial charge in [0.15, 0.2) is 0 Å². The molecule has 0 aliphatic carbocycles. The minimum Gasteiger partial charge on any atom is -0.487 e. The second-order valence-electron chi connectivity index (χ2n) is 9.03. The van der Waals surface area contributed by atoms with Gasteiger partial charge in [0.2, 0.25) is 0 Å². The fraction of sp³-hybridized carbons (Fsp3) is 0.129. The van der Waals surface area contributed by atoms with Gasteiger partial charge in [0.1, 0.15) is 18.2 Å². The second-order valence-corrected chi connectivity index (χ2v) is 9.03. The molecule has 1 unspecified atom stereocenters. The molecule has 2 heterocycles. The summed E-state index contributed by atoms with van der Waals surface area (Å²) in [6.45, 7) is 2.42. The molecule has 0 bridgehead atoms. The molecule has 0 spiro atoms. The molecule has 2 aromatic heterocycles. The normalized spacial score (nSPS) is 11.7. The average molecular weight is 508 g/mol. The number of hydrogen-bond acceptors (Lipinski definition) is 4. The lowest BCUT2D eigenvalue weighted by molar-refractivity contribution is -0.138. The van der Waals surface area contributed by atoms with Crippen molar-refractivity contribution >= 4 is 5.97 Å². The van der Waals surface area contributed by atoms with E-state index in [-0.39, 0.29) is 5.82 Å². The highest BCUT2D eigenvalue weighted by Crippen LogP contribution is 2.29. The van der Waals surface area contributed by atoms with Crippen LogP contribution in [0.15, 0.2) is 103 Å². The number of benzene rings is 3. The number of aromatic nitrogens is 3. The highest BCUT2D eigenvalue weighted by atomic mass is 19.1. The summed E-state index contributed by atoms with van der Waals surface area (Å²) >= 11 is 0. The Morgan fingerprint density at radius 2 is 1.63 bits per heavy atom. The predicted molar refractivity (Wildman–Crippen MR) is 143 cm³/mol. The van der Waals surface area contributed by atoms with Crippen LogP contribution in [-0.4, -0.2) is 25.8 Å². The van der Waals surface area contributed by atoms with E-state index in [1.807, 2.05) is 60.8 Å². The van der Waals surface area contributed by atoms with Crippen molar-refractivity contribution in [2.75, 3.05) is 0 Å². The number of carbonyl (C=O) groups is 1. The third kappa shape index (κ3) is 5.78. The van der Waals surface area contributed by atoms with Crippen LogP contribution in [0.1, 0.15) is 29.7 Å². The summed E-state index contributed by atoms with van der Waals surface area (Å²) in [6.07, 6.45) is 3.59. The third-order valence-electron chi connectivity index (χ3n) is 6.33. The van der Waals surface area contributed by atoms with E-state index >= 15 is 0 Å². The maximum Gasteiger partial charge on any atom is 0.310 e. The van der Waals surface area contributed by atoms with Gasteiger partial charge in [0.25, 0.3) is 0 Å². The molecular formula is C31H26FN3O3. The lowest BCUT2D eigenvalue weighted by Crippen LogP contribution is -2.07. The van der Waals surface area contributed by atoms with Gasteiger partial charge in [-0.1, -0.05) is 48.5 Å². The van der Waals surface area contributed by atoms with E-state index < -0.39 is 11.9 Å². The number of hydrogen-bond donors (Lipinski definition) is 1. The van der Waals surface area contributed by atoms with E-state index in [0.29, 0.717) is 30.0 Å². The maximum absolute atomic E-state index is 13.4. The van der Waals surface area contributed by atoms with Crippen LogP contribution in [-0.2, 0) is 17.9 Å². The smallest absolute Gasteiger partial charge is 0.310 e. The Hall–Kier alpha value is -4.78. The van der Waals surface area contributed by atoms with Crippen molar-refractivity contribution in [3.8, 4) is 28.1 Å². The summed E-state index contributed by atoms with van der Waals surface area (Å²) in [5, 5.41) is 14.2. The van der Waals surface area contributed by atoms with E-state index in [0.717, 1.165) is 28.1 Å². The van der Waals surface area contributed by atoms with Gasteiger partial charge in [0.05, 0.1) is 23.9 Å². The van der Waals surface area contributed by atoms with Crippen LogP contribution >= 0.6 is 0 Å². The van der Waals surface area contributed by atoms with Gasteiger partial charge in [-0.3, -0.25) is 14.5 Å². The Morgan fingerprint density at radius 1 is 0.921 bits per heavy atom. The molecule has 3 aromatic carbocycles. The molecule has 1 N–H and O–H groups in total. The molecule has 0 saturated heterocycles. The molecule has 6 nitrogen and oxygen atoms in total. The number of nitrogens with zero attached hydrogens (tertiary/aromatic N) is 3. The van der Waals surface area contributed by atoms with E-state index in [4.69, 9.17) is 4.74 Å². The van der Waals surface area contributed by atoms with Gasteiger partial charge in [-0.2, -0.15) is 5.10 Å². The molecule has 5 aromatic rings. The zero-order valence-electron chi connectivity index (χ0n) is 20.8. The van der Waals surface area contributed by atoms with E-state index in [1.165, 1.54) is 12.1 Å². The van der Waals surface area contributed by atoms with Crippen molar-refractivity contribution in [2.45, 2.75) is 26.0 Å². The third-order valence-corrected chi connectivity index (χ3v) is 6.33. The lowest BCUT2D eigenvalue weighted by Gasteiger charge is -2.08. The lowest BCUT2D eigenvalue weighted by atomic mass is 9.98. The van der Waals surface area contributed by atoms with Crippen LogP contribution in [0, 0.1) is 5.82 Å². The molecule has 0 fully saturated rings. The predicted octanol–water partition coefficient (Wildman–Crippen LogP) is 6.57. The van der Waals surface area contributed by atoms with Crippen molar-refractivity contribution in [1.82, 2.24) is 14.8 Å². The minimum atomic E-state index is -0.946. The second kappa shape index (κ2) is 11.1. The van der Waals surface area contributed by atoms with Gasteiger partial charge in [-0.05, 0) is 60.5 Å². The largest absolute Gasteiger partial charge is 0.487 e. The fourth-order valence-corrected chi connectivity index (χ4v) is 4.15. The Balaban J connectivity index is 1.25. The Morgan fingerprint density at radius 3 is 2.29 bits per heavy atom. The molecule has 0 radical (unpaired) electrons. The summed E-state index contributed by atoms with van der Waals surface area (Å²) in [7, 11) is 0. The highest BCUT2D eigenvalue weighted by molar-refractivity contribution is 5.79. The van der Waals surface area contributed by atoms with Crippen molar-refractivity contribution in [3.05, 3.63) is 126 Å². The summed E-state index contributed by atoms with van der Waals surface area (Å²) in [5.74, 6) is -1.34. The number of ether oxygens (including phenoxy) is 1. The first-order valence-electron chi connectivity index (χ1n) is 12.2. The van der Waals surface area contributed by atoms with Crippen molar-refractivity contribution < 1.29 is 19.0 Å². The molecule has 190 valence electrons. The number of halogens is 1. The fourth-order valence-electron chi connectivity index (χ4n) is 4.15. The summed E-state index contributed by atoms with van der Waals surface area (Å²) in [4.78, 5) is 16.2.